The van der Waals surface area contributed by atoms with Crippen molar-refractivity contribution in [3.63, 3.8) is 0 Å². The molecular formula is C18H22N2O7. The van der Waals surface area contributed by atoms with Crippen LogP contribution >= 0.6 is 0 Å². The zero-order valence-electron chi connectivity index (χ0n) is 14.9. The van der Waals surface area contributed by atoms with Gasteiger partial charge in [-0.2, -0.15) is 0 Å². The molecule has 0 saturated carbocycles. The first-order valence-corrected chi connectivity index (χ1v) is 8.49. The number of nitrogens with zero attached hydrogens (tertiary/aromatic N) is 1. The van der Waals surface area contributed by atoms with Crippen LogP contribution in [0, 0.1) is 0 Å². The number of carboxylic acid groups (broad SMARTS) is 1. The number of carbonyl (C=O) groups excluding carboxylic acids is 3. The first-order valence-electron chi connectivity index (χ1n) is 8.49. The van der Waals surface area contributed by atoms with Gasteiger partial charge in [-0.1, -0.05) is 30.3 Å². The molecule has 0 bridgehead atoms. The Morgan fingerprint density at radius 3 is 2.59 bits per heavy atom. The summed E-state index contributed by atoms with van der Waals surface area (Å²) in [5, 5.41) is 11.4. The Morgan fingerprint density at radius 2 is 2.00 bits per heavy atom. The van der Waals surface area contributed by atoms with Gasteiger partial charge in [-0.3, -0.25) is 4.79 Å². The van der Waals surface area contributed by atoms with E-state index in [1.54, 1.807) is 12.1 Å². The molecule has 1 fully saturated rings. The second-order valence-corrected chi connectivity index (χ2v) is 6.07. The molecule has 2 rings (SSSR count). The maximum Gasteiger partial charge on any atom is 0.408 e. The van der Waals surface area contributed by atoms with Crippen LogP contribution in [-0.4, -0.2) is 59.7 Å². The molecule has 0 aliphatic carbocycles. The molecule has 2 atom stereocenters. The fourth-order valence-corrected chi connectivity index (χ4v) is 2.72. The highest BCUT2D eigenvalue weighted by Gasteiger charge is 2.40. The van der Waals surface area contributed by atoms with E-state index in [1.807, 2.05) is 18.2 Å². The van der Waals surface area contributed by atoms with Gasteiger partial charge in [-0.25, -0.2) is 14.4 Å². The summed E-state index contributed by atoms with van der Waals surface area (Å²) in [5.41, 5.74) is 0.804. The van der Waals surface area contributed by atoms with E-state index in [1.165, 1.54) is 12.0 Å². The summed E-state index contributed by atoms with van der Waals surface area (Å²) in [5.74, 6) is -1.94. The number of hydrogen-bond donors (Lipinski definition) is 2. The number of hydrogen-bond acceptors (Lipinski definition) is 6. The van der Waals surface area contributed by atoms with Crippen molar-refractivity contribution in [1.82, 2.24) is 10.2 Å². The molecule has 9 nitrogen and oxygen atoms in total. The Hall–Kier alpha value is -3.10. The van der Waals surface area contributed by atoms with Crippen LogP contribution in [0.5, 0.6) is 0 Å². The molecule has 1 aliphatic heterocycles. The van der Waals surface area contributed by atoms with E-state index >= 15 is 0 Å². The number of alkyl carbamates (subject to hydrolysis) is 1. The lowest BCUT2D eigenvalue weighted by molar-refractivity contribution is -0.162. The molecule has 1 saturated heterocycles. The zero-order valence-corrected chi connectivity index (χ0v) is 14.9. The highest BCUT2D eigenvalue weighted by atomic mass is 16.6. The maximum atomic E-state index is 11.9. The third kappa shape index (κ3) is 5.70. The summed E-state index contributed by atoms with van der Waals surface area (Å²) >= 11 is 0. The predicted octanol–water partition coefficient (Wildman–Crippen LogP) is 0.920. The standard InChI is InChI=1S/C18H22N2O7/c1-26-17(24)13(8-5-9-20-14(16(22)23)10-15(20)21)19-18(25)27-11-12-6-3-2-4-7-12/h2-4,6-7,13-14H,5,8-11H2,1H3,(H,19,25)(H,22,23)/t13-,14?/m0/s1. The summed E-state index contributed by atoms with van der Waals surface area (Å²) < 4.78 is 9.75. The van der Waals surface area contributed by atoms with Crippen LogP contribution in [0.1, 0.15) is 24.8 Å². The molecule has 1 heterocycles. The molecule has 9 heteroatoms. The highest BCUT2D eigenvalue weighted by Crippen LogP contribution is 2.20. The molecular weight excluding hydrogens is 356 g/mol. The van der Waals surface area contributed by atoms with Gasteiger partial charge in [0.2, 0.25) is 5.91 Å². The molecule has 1 aromatic carbocycles. The lowest BCUT2D eigenvalue weighted by Crippen LogP contribution is -2.56. The van der Waals surface area contributed by atoms with Crippen molar-refractivity contribution in [1.29, 1.82) is 0 Å². The van der Waals surface area contributed by atoms with Crippen molar-refractivity contribution in [2.75, 3.05) is 13.7 Å². The molecule has 0 radical (unpaired) electrons. The average molecular weight is 378 g/mol. The number of benzene rings is 1. The number of methoxy groups -OCH3 is 1. The van der Waals surface area contributed by atoms with Crippen LogP contribution in [0.3, 0.4) is 0 Å². The van der Waals surface area contributed by atoms with Gasteiger partial charge in [0.15, 0.2) is 0 Å². The number of rotatable bonds is 9. The Bertz CT molecular complexity index is 692. The SMILES string of the molecule is COC(=O)[C@H](CCCN1C(=O)CC1C(=O)O)NC(=O)OCc1ccccc1. The number of carbonyl (C=O) groups is 4. The minimum absolute atomic E-state index is 0.0141. The van der Waals surface area contributed by atoms with E-state index in [2.05, 4.69) is 10.1 Å². The molecule has 2 amide bonds. The second-order valence-electron chi connectivity index (χ2n) is 6.07. The molecule has 146 valence electrons. The molecule has 0 aromatic heterocycles. The number of likely N-dealkylation sites (tertiary alicyclic amines) is 1. The van der Waals surface area contributed by atoms with E-state index in [4.69, 9.17) is 9.84 Å². The van der Waals surface area contributed by atoms with Gasteiger partial charge < -0.3 is 24.8 Å². The van der Waals surface area contributed by atoms with Crippen molar-refractivity contribution in [3.05, 3.63) is 35.9 Å². The van der Waals surface area contributed by atoms with E-state index in [0.29, 0.717) is 6.42 Å². The van der Waals surface area contributed by atoms with Gasteiger partial charge in [0, 0.05) is 6.54 Å². The monoisotopic (exact) mass is 378 g/mol. The minimum Gasteiger partial charge on any atom is -0.480 e. The third-order valence-corrected chi connectivity index (χ3v) is 4.23. The third-order valence-electron chi connectivity index (χ3n) is 4.23. The summed E-state index contributed by atoms with van der Waals surface area (Å²) in [6.07, 6.45) is -0.269. The van der Waals surface area contributed by atoms with E-state index in [9.17, 15) is 19.2 Å². The van der Waals surface area contributed by atoms with Crippen molar-refractivity contribution >= 4 is 23.9 Å². The molecule has 27 heavy (non-hydrogen) atoms. The van der Waals surface area contributed by atoms with Gasteiger partial charge >= 0.3 is 18.0 Å². The summed E-state index contributed by atoms with van der Waals surface area (Å²) in [4.78, 5) is 47.5. The fraction of sp³-hybridized carbons (Fsp3) is 0.444. The molecule has 0 spiro atoms. The smallest absolute Gasteiger partial charge is 0.408 e. The first kappa shape index (κ1) is 20.2. The second kappa shape index (κ2) is 9.56. The number of aliphatic carboxylic acids is 1. The molecule has 2 N–H and O–H groups in total. The quantitative estimate of drug-likeness (QED) is 0.484. The van der Waals surface area contributed by atoms with Gasteiger partial charge in [-0.15, -0.1) is 0 Å². The van der Waals surface area contributed by atoms with Gasteiger partial charge in [-0.05, 0) is 18.4 Å². The van der Waals surface area contributed by atoms with Crippen LogP contribution in [0.4, 0.5) is 4.79 Å². The maximum absolute atomic E-state index is 11.9. The number of esters is 1. The van der Waals surface area contributed by atoms with Gasteiger partial charge in [0.05, 0.1) is 13.5 Å². The zero-order chi connectivity index (χ0) is 19.8. The lowest BCUT2D eigenvalue weighted by Gasteiger charge is -2.37. The van der Waals surface area contributed by atoms with Gasteiger partial charge in [0.1, 0.15) is 18.7 Å². The van der Waals surface area contributed by atoms with Crippen LogP contribution in [0.15, 0.2) is 30.3 Å². The number of ether oxygens (including phenoxy) is 2. The topological polar surface area (TPSA) is 122 Å². The molecule has 1 aromatic rings. The van der Waals surface area contributed by atoms with Crippen LogP contribution < -0.4 is 5.32 Å². The average Bonchev–Trinajstić information content (AvgIpc) is 2.66. The molecule has 1 aliphatic rings. The Kier molecular flexibility index (Phi) is 7.16. The van der Waals surface area contributed by atoms with Crippen LogP contribution in [0.2, 0.25) is 0 Å². The van der Waals surface area contributed by atoms with Crippen molar-refractivity contribution in [2.24, 2.45) is 0 Å². The van der Waals surface area contributed by atoms with Crippen LogP contribution in [0.25, 0.3) is 0 Å². The Balaban J connectivity index is 1.80. The van der Waals surface area contributed by atoms with Crippen molar-refractivity contribution in [2.45, 2.75) is 38.0 Å². The number of amides is 2. The normalized spacial score (nSPS) is 16.9. The van der Waals surface area contributed by atoms with E-state index in [0.717, 1.165) is 5.56 Å². The predicted molar refractivity (Wildman–Crippen MR) is 92.6 cm³/mol. The van der Waals surface area contributed by atoms with Crippen LogP contribution in [-0.2, 0) is 30.5 Å². The number of carboxylic acids is 1. The van der Waals surface area contributed by atoms with Crippen molar-refractivity contribution in [3.8, 4) is 0 Å². The highest BCUT2D eigenvalue weighted by molar-refractivity contribution is 5.94. The summed E-state index contributed by atoms with van der Waals surface area (Å²) in [6, 6.07) is 7.30. The summed E-state index contributed by atoms with van der Waals surface area (Å²) in [6.45, 7) is 0.243. The Morgan fingerprint density at radius 1 is 1.30 bits per heavy atom. The summed E-state index contributed by atoms with van der Waals surface area (Å²) in [7, 11) is 1.20. The van der Waals surface area contributed by atoms with Crippen molar-refractivity contribution < 1.29 is 33.8 Å². The minimum atomic E-state index is -1.05. The Labute approximate surface area is 156 Å². The first-order chi connectivity index (χ1) is 12.9. The van der Waals surface area contributed by atoms with E-state index in [-0.39, 0.29) is 31.9 Å². The largest absolute Gasteiger partial charge is 0.480 e. The molecule has 1 unspecified atom stereocenters. The lowest BCUT2D eigenvalue weighted by atomic mass is 10.0. The number of nitrogens with one attached hydrogen (secondary N) is 1. The van der Waals surface area contributed by atoms with Gasteiger partial charge in [0.25, 0.3) is 0 Å². The van der Waals surface area contributed by atoms with E-state index < -0.39 is 30.1 Å². The number of β-lactam (4-membered cyclic amide) rings is 1. The fourth-order valence-electron chi connectivity index (χ4n) is 2.72.